The highest BCUT2D eigenvalue weighted by Crippen LogP contribution is 2.43. The molecule has 1 atom stereocenters. The Morgan fingerprint density at radius 1 is 1.13 bits per heavy atom. The van der Waals surface area contributed by atoms with E-state index in [-0.39, 0.29) is 24.0 Å². The number of ether oxygens (including phenoxy) is 3. The highest BCUT2D eigenvalue weighted by Gasteiger charge is 2.28. The fourth-order valence-electron chi connectivity index (χ4n) is 3.73. The zero-order valence-corrected chi connectivity index (χ0v) is 18.1. The number of carbonyl (C=O) groups is 1. The van der Waals surface area contributed by atoms with Gasteiger partial charge >= 0.3 is 0 Å². The van der Waals surface area contributed by atoms with E-state index in [0.717, 1.165) is 11.3 Å². The summed E-state index contributed by atoms with van der Waals surface area (Å²) in [6, 6.07) is 11.3. The number of phenols is 1. The highest BCUT2D eigenvalue weighted by molar-refractivity contribution is 5.78. The normalized spacial score (nSPS) is 14.9. The number of aromatic hydroxyl groups is 1. The quantitative estimate of drug-likeness (QED) is 0.751. The molecular formula is C23H30N2O5. The number of amides is 1. The summed E-state index contributed by atoms with van der Waals surface area (Å²) in [5, 5.41) is 10.8. The largest absolute Gasteiger partial charge is 0.507 e. The molecule has 1 fully saturated rings. The van der Waals surface area contributed by atoms with Crippen LogP contribution in [0, 0.1) is 0 Å². The van der Waals surface area contributed by atoms with Crippen LogP contribution in [-0.4, -0.2) is 70.5 Å². The van der Waals surface area contributed by atoms with Crippen molar-refractivity contribution in [3.8, 4) is 17.2 Å². The smallest absolute Gasteiger partial charge is 0.223 e. The van der Waals surface area contributed by atoms with Crippen molar-refractivity contribution >= 4 is 11.6 Å². The van der Waals surface area contributed by atoms with Crippen molar-refractivity contribution in [3.63, 3.8) is 0 Å². The van der Waals surface area contributed by atoms with Gasteiger partial charge in [-0.25, -0.2) is 0 Å². The molecule has 1 saturated heterocycles. The second-order valence-electron chi connectivity index (χ2n) is 7.50. The van der Waals surface area contributed by atoms with Crippen LogP contribution in [0.1, 0.15) is 23.5 Å². The van der Waals surface area contributed by atoms with Crippen LogP contribution in [0.25, 0.3) is 0 Å². The molecule has 1 amide bonds. The van der Waals surface area contributed by atoms with Gasteiger partial charge in [-0.3, -0.25) is 4.79 Å². The van der Waals surface area contributed by atoms with Gasteiger partial charge in [0.15, 0.2) is 0 Å². The van der Waals surface area contributed by atoms with Crippen molar-refractivity contribution < 1.29 is 24.1 Å². The lowest BCUT2D eigenvalue weighted by atomic mass is 9.86. The van der Waals surface area contributed by atoms with Gasteiger partial charge in [0.05, 0.1) is 27.4 Å². The van der Waals surface area contributed by atoms with Gasteiger partial charge in [-0.15, -0.1) is 0 Å². The van der Waals surface area contributed by atoms with Crippen molar-refractivity contribution in [2.24, 2.45) is 0 Å². The average molecular weight is 415 g/mol. The van der Waals surface area contributed by atoms with E-state index in [1.165, 1.54) is 7.11 Å². The first-order valence-corrected chi connectivity index (χ1v) is 10.0. The van der Waals surface area contributed by atoms with Crippen molar-refractivity contribution in [3.05, 3.63) is 47.5 Å². The predicted molar refractivity (Wildman–Crippen MR) is 116 cm³/mol. The Labute approximate surface area is 177 Å². The van der Waals surface area contributed by atoms with Gasteiger partial charge in [0, 0.05) is 62.9 Å². The van der Waals surface area contributed by atoms with Gasteiger partial charge < -0.3 is 29.1 Å². The number of benzene rings is 2. The molecule has 0 radical (unpaired) electrons. The number of phenolic OH excluding ortho intramolecular Hbond substituents is 1. The third-order valence-electron chi connectivity index (χ3n) is 5.45. The molecular weight excluding hydrogens is 384 g/mol. The van der Waals surface area contributed by atoms with E-state index < -0.39 is 0 Å². The number of hydrogen-bond donors (Lipinski definition) is 1. The molecule has 0 spiro atoms. The molecule has 1 heterocycles. The SMILES string of the molecule is COc1cc(O)c([C@H](CC(=O)N2CCOCC2)c2ccc(N(C)C)cc2)c(OC)c1. The molecule has 2 aromatic rings. The Morgan fingerprint density at radius 3 is 2.37 bits per heavy atom. The molecule has 162 valence electrons. The van der Waals surface area contributed by atoms with Gasteiger partial charge in [-0.1, -0.05) is 12.1 Å². The van der Waals surface area contributed by atoms with E-state index in [4.69, 9.17) is 14.2 Å². The third-order valence-corrected chi connectivity index (χ3v) is 5.45. The molecule has 0 saturated carbocycles. The molecule has 7 nitrogen and oxygen atoms in total. The van der Waals surface area contributed by atoms with Gasteiger partial charge in [-0.05, 0) is 17.7 Å². The second kappa shape index (κ2) is 9.71. The second-order valence-corrected chi connectivity index (χ2v) is 7.50. The summed E-state index contributed by atoms with van der Waals surface area (Å²) >= 11 is 0. The fourth-order valence-corrected chi connectivity index (χ4v) is 3.73. The molecule has 1 aliphatic heterocycles. The van der Waals surface area contributed by atoms with Crippen LogP contribution in [0.4, 0.5) is 5.69 Å². The number of methoxy groups -OCH3 is 2. The lowest BCUT2D eigenvalue weighted by Gasteiger charge is -2.29. The van der Waals surface area contributed by atoms with Gasteiger partial charge in [0.1, 0.15) is 17.2 Å². The molecule has 3 rings (SSSR count). The van der Waals surface area contributed by atoms with Crippen LogP contribution < -0.4 is 14.4 Å². The molecule has 30 heavy (non-hydrogen) atoms. The van der Waals surface area contributed by atoms with Crippen molar-refractivity contribution in [2.45, 2.75) is 12.3 Å². The number of morpholine rings is 1. The number of nitrogens with zero attached hydrogens (tertiary/aromatic N) is 2. The van der Waals surface area contributed by atoms with E-state index in [1.807, 2.05) is 48.2 Å². The minimum absolute atomic E-state index is 0.0252. The maximum Gasteiger partial charge on any atom is 0.223 e. The van der Waals surface area contributed by atoms with Crippen LogP contribution in [-0.2, 0) is 9.53 Å². The number of hydrogen-bond acceptors (Lipinski definition) is 6. The molecule has 1 N–H and O–H groups in total. The molecule has 0 aromatic heterocycles. The first-order valence-electron chi connectivity index (χ1n) is 10.0. The Hall–Kier alpha value is -2.93. The van der Waals surface area contributed by atoms with Crippen LogP contribution in [0.15, 0.2) is 36.4 Å². The molecule has 0 aliphatic carbocycles. The predicted octanol–water partition coefficient (Wildman–Crippen LogP) is 2.86. The average Bonchev–Trinajstić information content (AvgIpc) is 2.77. The Morgan fingerprint density at radius 2 is 1.80 bits per heavy atom. The first-order chi connectivity index (χ1) is 14.4. The van der Waals surface area contributed by atoms with Gasteiger partial charge in [0.2, 0.25) is 5.91 Å². The Bertz CT molecular complexity index is 861. The zero-order valence-electron chi connectivity index (χ0n) is 18.1. The van der Waals surface area contributed by atoms with E-state index in [9.17, 15) is 9.90 Å². The molecule has 1 aliphatic rings. The monoisotopic (exact) mass is 414 g/mol. The third kappa shape index (κ3) is 4.79. The number of carbonyl (C=O) groups excluding carboxylic acids is 1. The zero-order chi connectivity index (χ0) is 21.7. The highest BCUT2D eigenvalue weighted by atomic mass is 16.5. The van der Waals surface area contributed by atoms with E-state index in [2.05, 4.69) is 0 Å². The summed E-state index contributed by atoms with van der Waals surface area (Å²) in [4.78, 5) is 16.9. The van der Waals surface area contributed by atoms with Crippen molar-refractivity contribution in [2.75, 3.05) is 59.5 Å². The standard InChI is InChI=1S/C23H30N2O5/c1-24(2)17-7-5-16(6-8-17)19(15-22(27)25-9-11-30-12-10-25)23-20(26)13-18(28-3)14-21(23)29-4/h5-8,13-14,19,26H,9-12,15H2,1-4H3/t19-/m1/s1. The summed E-state index contributed by atoms with van der Waals surface area (Å²) in [6.45, 7) is 2.25. The minimum Gasteiger partial charge on any atom is -0.507 e. The summed E-state index contributed by atoms with van der Waals surface area (Å²) in [6.07, 6.45) is 0.220. The Balaban J connectivity index is 2.02. The van der Waals surface area contributed by atoms with Gasteiger partial charge in [0.25, 0.3) is 0 Å². The van der Waals surface area contributed by atoms with Crippen LogP contribution in [0.5, 0.6) is 17.2 Å². The maximum absolute atomic E-state index is 13.1. The lowest BCUT2D eigenvalue weighted by Crippen LogP contribution is -2.41. The first kappa shape index (κ1) is 21.8. The van der Waals surface area contributed by atoms with Crippen LogP contribution in [0.3, 0.4) is 0 Å². The molecule has 0 bridgehead atoms. The number of rotatable bonds is 7. The summed E-state index contributed by atoms with van der Waals surface area (Å²) in [7, 11) is 7.04. The maximum atomic E-state index is 13.1. The molecule has 0 unspecified atom stereocenters. The fraction of sp³-hybridized carbons (Fsp3) is 0.435. The summed E-state index contributed by atoms with van der Waals surface area (Å²) < 4.78 is 16.2. The minimum atomic E-state index is -0.364. The van der Waals surface area contributed by atoms with E-state index in [1.54, 1.807) is 19.2 Å². The Kier molecular flexibility index (Phi) is 7.05. The van der Waals surface area contributed by atoms with Crippen LogP contribution in [0.2, 0.25) is 0 Å². The summed E-state index contributed by atoms with van der Waals surface area (Å²) in [5.74, 6) is 0.690. The molecule has 7 heteroatoms. The summed E-state index contributed by atoms with van der Waals surface area (Å²) in [5.41, 5.74) is 2.57. The molecule has 2 aromatic carbocycles. The van der Waals surface area contributed by atoms with Crippen molar-refractivity contribution in [1.29, 1.82) is 0 Å². The number of anilines is 1. The van der Waals surface area contributed by atoms with Crippen molar-refractivity contribution in [1.82, 2.24) is 4.90 Å². The lowest BCUT2D eigenvalue weighted by molar-refractivity contribution is -0.135. The van der Waals surface area contributed by atoms with E-state index >= 15 is 0 Å². The topological polar surface area (TPSA) is 71.5 Å². The van der Waals surface area contributed by atoms with Crippen LogP contribution >= 0.6 is 0 Å². The van der Waals surface area contributed by atoms with E-state index in [0.29, 0.717) is 43.4 Å². The van der Waals surface area contributed by atoms with Gasteiger partial charge in [-0.2, -0.15) is 0 Å².